The number of rotatable bonds is 3. The zero-order valence-corrected chi connectivity index (χ0v) is 10.6. The second-order valence-electron chi connectivity index (χ2n) is 4.30. The van der Waals surface area contributed by atoms with Crippen LogP contribution in [0.2, 0.25) is 0 Å². The summed E-state index contributed by atoms with van der Waals surface area (Å²) in [5.41, 5.74) is 0.285. The van der Waals surface area contributed by atoms with Gasteiger partial charge in [0.15, 0.2) is 0 Å². The smallest absolute Gasteiger partial charge is 0.251 e. The van der Waals surface area contributed by atoms with Crippen molar-refractivity contribution >= 4 is 17.7 Å². The molecule has 1 aromatic rings. The van der Waals surface area contributed by atoms with Gasteiger partial charge in [0.25, 0.3) is 11.5 Å². The average Bonchev–Trinajstić information content (AvgIpc) is 2.82. The summed E-state index contributed by atoms with van der Waals surface area (Å²) in [6.07, 6.45) is 2.78. The molecular weight excluding hydrogens is 236 g/mol. The Bertz CT molecular complexity index is 464. The van der Waals surface area contributed by atoms with Crippen molar-refractivity contribution in [3.63, 3.8) is 0 Å². The SMILES string of the molecule is Cn1ccc(C(=O)NCC2CCSC2)cc1=O. The third-order valence-electron chi connectivity index (χ3n) is 2.94. The number of hydrogen-bond donors (Lipinski definition) is 1. The number of carbonyl (C=O) groups excluding carboxylic acids is 1. The highest BCUT2D eigenvalue weighted by molar-refractivity contribution is 7.99. The topological polar surface area (TPSA) is 51.1 Å². The third-order valence-corrected chi connectivity index (χ3v) is 4.17. The molecule has 0 aromatic carbocycles. The number of carbonyl (C=O) groups is 1. The fraction of sp³-hybridized carbons (Fsp3) is 0.500. The molecule has 1 fully saturated rings. The molecule has 1 aliphatic rings. The quantitative estimate of drug-likeness (QED) is 0.868. The molecule has 5 heteroatoms. The van der Waals surface area contributed by atoms with Crippen molar-refractivity contribution in [1.29, 1.82) is 0 Å². The minimum Gasteiger partial charge on any atom is -0.352 e. The first-order valence-corrected chi connectivity index (χ1v) is 6.85. The van der Waals surface area contributed by atoms with Crippen molar-refractivity contribution in [2.45, 2.75) is 6.42 Å². The standard InChI is InChI=1S/C12H16N2O2S/c1-14-4-2-10(6-11(14)15)12(16)13-7-9-3-5-17-8-9/h2,4,6,9H,3,5,7-8H2,1H3,(H,13,16). The summed E-state index contributed by atoms with van der Waals surface area (Å²) in [7, 11) is 1.67. The zero-order chi connectivity index (χ0) is 12.3. The van der Waals surface area contributed by atoms with E-state index >= 15 is 0 Å². The Kier molecular flexibility index (Phi) is 3.89. The van der Waals surface area contributed by atoms with E-state index in [9.17, 15) is 9.59 Å². The van der Waals surface area contributed by atoms with E-state index in [0.717, 1.165) is 5.75 Å². The molecule has 1 saturated heterocycles. The molecule has 17 heavy (non-hydrogen) atoms. The van der Waals surface area contributed by atoms with Crippen molar-refractivity contribution in [2.75, 3.05) is 18.1 Å². The van der Waals surface area contributed by atoms with E-state index in [4.69, 9.17) is 0 Å². The number of nitrogens with one attached hydrogen (secondary N) is 1. The van der Waals surface area contributed by atoms with Crippen LogP contribution in [0, 0.1) is 5.92 Å². The first-order chi connectivity index (χ1) is 8.16. The van der Waals surface area contributed by atoms with Crippen LogP contribution >= 0.6 is 11.8 Å². The van der Waals surface area contributed by atoms with Crippen molar-refractivity contribution in [1.82, 2.24) is 9.88 Å². The number of aromatic nitrogens is 1. The molecular formula is C12H16N2O2S. The molecule has 1 N–H and O–H groups in total. The minimum atomic E-state index is -0.158. The van der Waals surface area contributed by atoms with E-state index < -0.39 is 0 Å². The van der Waals surface area contributed by atoms with Gasteiger partial charge < -0.3 is 9.88 Å². The molecule has 1 amide bonds. The van der Waals surface area contributed by atoms with Gasteiger partial charge in [-0.3, -0.25) is 9.59 Å². The maximum absolute atomic E-state index is 11.8. The van der Waals surface area contributed by atoms with Gasteiger partial charge in [-0.05, 0) is 29.9 Å². The van der Waals surface area contributed by atoms with E-state index in [0.29, 0.717) is 18.0 Å². The fourth-order valence-electron chi connectivity index (χ4n) is 1.77. The molecule has 0 spiro atoms. The lowest BCUT2D eigenvalue weighted by Crippen LogP contribution is -2.30. The van der Waals surface area contributed by atoms with Crippen LogP contribution in [0.25, 0.3) is 0 Å². The number of aryl methyl sites for hydroxylation is 1. The molecule has 2 rings (SSSR count). The lowest BCUT2D eigenvalue weighted by molar-refractivity contribution is 0.0948. The van der Waals surface area contributed by atoms with Crippen LogP contribution in [0.15, 0.2) is 23.1 Å². The largest absolute Gasteiger partial charge is 0.352 e. The van der Waals surface area contributed by atoms with E-state index in [1.54, 1.807) is 19.3 Å². The number of nitrogens with zero attached hydrogens (tertiary/aromatic N) is 1. The van der Waals surface area contributed by atoms with Gasteiger partial charge in [-0.1, -0.05) is 0 Å². The van der Waals surface area contributed by atoms with Gasteiger partial charge in [-0.25, -0.2) is 0 Å². The van der Waals surface area contributed by atoms with Crippen molar-refractivity contribution in [3.8, 4) is 0 Å². The second kappa shape index (κ2) is 5.40. The summed E-state index contributed by atoms with van der Waals surface area (Å²) in [4.78, 5) is 23.2. The molecule has 1 atom stereocenters. The highest BCUT2D eigenvalue weighted by Gasteiger charge is 2.16. The van der Waals surface area contributed by atoms with Gasteiger partial charge in [-0.15, -0.1) is 0 Å². The lowest BCUT2D eigenvalue weighted by atomic mass is 10.1. The van der Waals surface area contributed by atoms with Gasteiger partial charge in [-0.2, -0.15) is 11.8 Å². The molecule has 1 unspecified atom stereocenters. The van der Waals surface area contributed by atoms with E-state index in [1.807, 2.05) is 11.8 Å². The number of pyridine rings is 1. The van der Waals surface area contributed by atoms with Gasteiger partial charge >= 0.3 is 0 Å². The number of hydrogen-bond acceptors (Lipinski definition) is 3. The molecule has 1 aliphatic heterocycles. The molecule has 0 saturated carbocycles. The molecule has 1 aromatic heterocycles. The van der Waals surface area contributed by atoms with Crippen LogP contribution < -0.4 is 10.9 Å². The Morgan fingerprint density at radius 3 is 3.12 bits per heavy atom. The molecule has 2 heterocycles. The second-order valence-corrected chi connectivity index (χ2v) is 5.45. The third kappa shape index (κ3) is 3.12. The van der Waals surface area contributed by atoms with Gasteiger partial charge in [0.05, 0.1) is 0 Å². The monoisotopic (exact) mass is 252 g/mol. The van der Waals surface area contributed by atoms with Crippen molar-refractivity contribution in [3.05, 3.63) is 34.2 Å². The van der Waals surface area contributed by atoms with Gasteiger partial charge in [0.2, 0.25) is 0 Å². The summed E-state index contributed by atoms with van der Waals surface area (Å²) in [5.74, 6) is 2.73. The summed E-state index contributed by atoms with van der Waals surface area (Å²) in [6, 6.07) is 3.04. The Balaban J connectivity index is 1.94. The number of amides is 1. The summed E-state index contributed by atoms with van der Waals surface area (Å²) < 4.78 is 1.45. The fourth-order valence-corrected chi connectivity index (χ4v) is 3.06. The maximum Gasteiger partial charge on any atom is 0.251 e. The normalized spacial score (nSPS) is 19.2. The highest BCUT2D eigenvalue weighted by Crippen LogP contribution is 2.22. The van der Waals surface area contributed by atoms with E-state index in [1.165, 1.54) is 22.8 Å². The average molecular weight is 252 g/mol. The van der Waals surface area contributed by atoms with Crippen LogP contribution in [-0.2, 0) is 7.05 Å². The Hall–Kier alpha value is -1.23. The predicted molar refractivity (Wildman–Crippen MR) is 69.4 cm³/mol. The van der Waals surface area contributed by atoms with Crippen LogP contribution in [-0.4, -0.2) is 28.5 Å². The van der Waals surface area contributed by atoms with Crippen molar-refractivity contribution in [2.24, 2.45) is 13.0 Å². The van der Waals surface area contributed by atoms with Crippen LogP contribution in [0.3, 0.4) is 0 Å². The predicted octanol–water partition coefficient (Wildman–Crippen LogP) is 0.868. The van der Waals surface area contributed by atoms with Gasteiger partial charge in [0, 0.05) is 31.4 Å². The summed E-state index contributed by atoms with van der Waals surface area (Å²) >= 11 is 1.93. The summed E-state index contributed by atoms with van der Waals surface area (Å²) in [6.45, 7) is 0.709. The molecule has 0 radical (unpaired) electrons. The lowest BCUT2D eigenvalue weighted by Gasteiger charge is -2.10. The first kappa shape index (κ1) is 12.2. The Labute approximate surface area is 104 Å². The Morgan fingerprint density at radius 1 is 1.65 bits per heavy atom. The van der Waals surface area contributed by atoms with Crippen LogP contribution in [0.4, 0.5) is 0 Å². The molecule has 0 aliphatic carbocycles. The van der Waals surface area contributed by atoms with Crippen molar-refractivity contribution < 1.29 is 4.79 Å². The van der Waals surface area contributed by atoms with Crippen LogP contribution in [0.1, 0.15) is 16.8 Å². The maximum atomic E-state index is 11.8. The summed E-state index contributed by atoms with van der Waals surface area (Å²) in [5, 5.41) is 2.89. The van der Waals surface area contributed by atoms with E-state index in [2.05, 4.69) is 5.32 Å². The van der Waals surface area contributed by atoms with Crippen LogP contribution in [0.5, 0.6) is 0 Å². The molecule has 0 bridgehead atoms. The molecule has 92 valence electrons. The first-order valence-electron chi connectivity index (χ1n) is 5.69. The zero-order valence-electron chi connectivity index (χ0n) is 9.81. The minimum absolute atomic E-state index is 0.153. The van der Waals surface area contributed by atoms with E-state index in [-0.39, 0.29) is 11.5 Å². The highest BCUT2D eigenvalue weighted by atomic mass is 32.2. The number of thioether (sulfide) groups is 1. The molecule has 4 nitrogen and oxygen atoms in total. The Morgan fingerprint density at radius 2 is 2.47 bits per heavy atom. The van der Waals surface area contributed by atoms with Gasteiger partial charge in [0.1, 0.15) is 0 Å².